The third kappa shape index (κ3) is 7.36. The number of likely N-dealkylation sites (tertiary alicyclic amines) is 1. The standard InChI is InChI=1S/C26H29Cl3N2O3.CH5N/c27-21-12-20(13-22(28)14-21)25(33)26(34)31-9-5-18(6-10-31)11-17-3-7-30(8-4-17)23-2-1-19(16-32)24(29)15-23;1-2/h1-2,12-18,25,33H,3-11H2;2H2,1H3. The van der Waals surface area contributed by atoms with E-state index in [1.54, 1.807) is 29.2 Å². The van der Waals surface area contributed by atoms with Gasteiger partial charge >= 0.3 is 0 Å². The molecule has 0 bridgehead atoms. The Morgan fingerprint density at radius 2 is 1.53 bits per heavy atom. The molecule has 0 radical (unpaired) electrons. The fraction of sp³-hybridized carbons (Fsp3) is 0.481. The molecule has 3 N–H and O–H groups in total. The maximum absolute atomic E-state index is 12.8. The molecule has 6 nitrogen and oxygen atoms in total. The highest BCUT2D eigenvalue weighted by Gasteiger charge is 2.30. The van der Waals surface area contributed by atoms with Gasteiger partial charge in [0.1, 0.15) is 0 Å². The summed E-state index contributed by atoms with van der Waals surface area (Å²) in [5.74, 6) is 0.983. The number of anilines is 1. The first-order chi connectivity index (χ1) is 17.3. The number of hydrogen-bond acceptors (Lipinski definition) is 5. The number of nitrogens with two attached hydrogens (primary N) is 1. The molecule has 2 aliphatic rings. The molecule has 4 rings (SSSR count). The van der Waals surface area contributed by atoms with Crippen LogP contribution in [-0.2, 0) is 4.79 Å². The fourth-order valence-electron chi connectivity index (χ4n) is 5.14. The number of aldehydes is 1. The van der Waals surface area contributed by atoms with Crippen molar-refractivity contribution in [3.63, 3.8) is 0 Å². The first kappa shape index (κ1) is 28.7. The normalized spacial score (nSPS) is 17.8. The number of amides is 1. The number of halogens is 3. The van der Waals surface area contributed by atoms with Crippen molar-refractivity contribution >= 4 is 52.7 Å². The molecule has 0 aliphatic carbocycles. The molecule has 2 aliphatic heterocycles. The molecule has 9 heteroatoms. The van der Waals surface area contributed by atoms with Crippen molar-refractivity contribution in [1.29, 1.82) is 0 Å². The quantitative estimate of drug-likeness (QED) is 0.453. The molecule has 2 heterocycles. The average Bonchev–Trinajstić information content (AvgIpc) is 2.89. The molecule has 36 heavy (non-hydrogen) atoms. The summed E-state index contributed by atoms with van der Waals surface area (Å²) in [4.78, 5) is 27.9. The molecule has 1 unspecified atom stereocenters. The summed E-state index contributed by atoms with van der Waals surface area (Å²) in [6.07, 6.45) is 4.88. The fourth-order valence-corrected chi connectivity index (χ4v) is 5.91. The molecule has 2 aromatic rings. The van der Waals surface area contributed by atoms with E-state index in [0.717, 1.165) is 50.7 Å². The van der Waals surface area contributed by atoms with Crippen LogP contribution in [0.5, 0.6) is 0 Å². The Morgan fingerprint density at radius 3 is 2.06 bits per heavy atom. The zero-order valence-corrected chi connectivity index (χ0v) is 22.8. The Kier molecular flexibility index (Phi) is 10.9. The van der Waals surface area contributed by atoms with Gasteiger partial charge in [0.05, 0.1) is 5.02 Å². The van der Waals surface area contributed by atoms with Gasteiger partial charge in [0.25, 0.3) is 5.91 Å². The molecule has 2 fully saturated rings. The SMILES string of the molecule is CN.O=Cc1ccc(N2CCC(CC3CCN(C(=O)C(O)c4cc(Cl)cc(Cl)c4)CC3)CC2)cc1Cl. The molecule has 1 amide bonds. The number of hydrogen-bond donors (Lipinski definition) is 2. The van der Waals surface area contributed by atoms with Gasteiger partial charge in [0.15, 0.2) is 12.4 Å². The number of carbonyl (C=O) groups is 2. The van der Waals surface area contributed by atoms with Crippen LogP contribution in [-0.4, -0.2) is 55.4 Å². The zero-order valence-electron chi connectivity index (χ0n) is 20.5. The second-order valence-electron chi connectivity index (χ2n) is 9.36. The second kappa shape index (κ2) is 13.6. The van der Waals surface area contributed by atoms with E-state index in [0.29, 0.717) is 51.1 Å². The van der Waals surface area contributed by atoms with Crippen molar-refractivity contribution in [2.24, 2.45) is 17.6 Å². The van der Waals surface area contributed by atoms with Crippen LogP contribution in [0.3, 0.4) is 0 Å². The molecule has 2 aromatic carbocycles. The Balaban J connectivity index is 0.00000176. The number of aliphatic hydroxyl groups excluding tert-OH is 1. The van der Waals surface area contributed by atoms with E-state index in [1.165, 1.54) is 13.5 Å². The third-order valence-corrected chi connectivity index (χ3v) is 7.88. The van der Waals surface area contributed by atoms with Crippen LogP contribution in [0.1, 0.15) is 54.1 Å². The molecule has 0 aromatic heterocycles. The van der Waals surface area contributed by atoms with Gasteiger partial charge in [-0.2, -0.15) is 0 Å². The van der Waals surface area contributed by atoms with Crippen LogP contribution >= 0.6 is 34.8 Å². The van der Waals surface area contributed by atoms with Crippen LogP contribution in [0.15, 0.2) is 36.4 Å². The van der Waals surface area contributed by atoms with Crippen molar-refractivity contribution < 1.29 is 14.7 Å². The van der Waals surface area contributed by atoms with Gasteiger partial charge in [-0.15, -0.1) is 0 Å². The Bertz CT molecular complexity index is 1020. The monoisotopic (exact) mass is 553 g/mol. The lowest BCUT2D eigenvalue weighted by molar-refractivity contribution is -0.142. The summed E-state index contributed by atoms with van der Waals surface area (Å²) in [7, 11) is 1.50. The third-order valence-electron chi connectivity index (χ3n) is 7.12. The van der Waals surface area contributed by atoms with Gasteiger partial charge in [-0.1, -0.05) is 34.8 Å². The van der Waals surface area contributed by atoms with Crippen LogP contribution < -0.4 is 10.6 Å². The number of rotatable bonds is 6. The number of carbonyl (C=O) groups excluding carboxylic acids is 2. The van der Waals surface area contributed by atoms with Gasteiger partial charge in [-0.25, -0.2) is 0 Å². The molecule has 196 valence electrons. The molecular formula is C27H34Cl3N3O3. The van der Waals surface area contributed by atoms with Gasteiger partial charge in [0, 0.05) is 47.5 Å². The lowest BCUT2D eigenvalue weighted by Crippen LogP contribution is -2.42. The lowest BCUT2D eigenvalue weighted by atomic mass is 9.82. The van der Waals surface area contributed by atoms with E-state index in [9.17, 15) is 14.7 Å². The summed E-state index contributed by atoms with van der Waals surface area (Å²) < 4.78 is 0. The minimum absolute atomic E-state index is 0.288. The van der Waals surface area contributed by atoms with Crippen LogP contribution in [0.4, 0.5) is 5.69 Å². The molecule has 0 saturated carbocycles. The predicted octanol–water partition coefficient (Wildman–Crippen LogP) is 5.61. The van der Waals surface area contributed by atoms with Crippen LogP contribution in [0, 0.1) is 11.8 Å². The highest BCUT2D eigenvalue weighted by atomic mass is 35.5. The predicted molar refractivity (Wildman–Crippen MR) is 147 cm³/mol. The topological polar surface area (TPSA) is 86.9 Å². The van der Waals surface area contributed by atoms with E-state index in [-0.39, 0.29) is 5.91 Å². The Morgan fingerprint density at radius 1 is 0.972 bits per heavy atom. The first-order valence-electron chi connectivity index (χ1n) is 12.3. The van der Waals surface area contributed by atoms with Crippen LogP contribution in [0.25, 0.3) is 0 Å². The number of nitrogens with zero attached hydrogens (tertiary/aromatic N) is 2. The summed E-state index contributed by atoms with van der Waals surface area (Å²) in [6, 6.07) is 10.4. The average molecular weight is 555 g/mol. The number of benzene rings is 2. The van der Waals surface area contributed by atoms with Crippen molar-refractivity contribution in [3.05, 3.63) is 62.6 Å². The smallest absolute Gasteiger partial charge is 0.256 e. The van der Waals surface area contributed by atoms with Gasteiger partial charge in [-0.3, -0.25) is 9.59 Å². The van der Waals surface area contributed by atoms with E-state index < -0.39 is 6.10 Å². The maximum atomic E-state index is 12.8. The first-order valence-corrected chi connectivity index (χ1v) is 13.5. The Labute approximate surface area is 228 Å². The van der Waals surface area contributed by atoms with E-state index in [1.807, 2.05) is 12.1 Å². The van der Waals surface area contributed by atoms with Crippen molar-refractivity contribution in [2.45, 2.75) is 38.2 Å². The zero-order chi connectivity index (χ0) is 26.2. The minimum Gasteiger partial charge on any atom is -0.378 e. The van der Waals surface area contributed by atoms with Gasteiger partial charge < -0.3 is 20.6 Å². The van der Waals surface area contributed by atoms with Crippen molar-refractivity contribution in [3.8, 4) is 0 Å². The lowest BCUT2D eigenvalue weighted by Gasteiger charge is -2.38. The van der Waals surface area contributed by atoms with Gasteiger partial charge in [-0.05, 0) is 92.9 Å². The number of aliphatic hydroxyl groups is 1. The van der Waals surface area contributed by atoms with Crippen LogP contribution in [0.2, 0.25) is 15.1 Å². The van der Waals surface area contributed by atoms with E-state index >= 15 is 0 Å². The van der Waals surface area contributed by atoms with Crippen molar-refractivity contribution in [1.82, 2.24) is 4.90 Å². The molecule has 0 spiro atoms. The summed E-state index contributed by atoms with van der Waals surface area (Å²) in [6.45, 7) is 3.28. The Hall–Kier alpha value is -1.83. The second-order valence-corrected chi connectivity index (χ2v) is 10.6. The molecular weight excluding hydrogens is 521 g/mol. The highest BCUT2D eigenvalue weighted by molar-refractivity contribution is 6.34. The maximum Gasteiger partial charge on any atom is 0.256 e. The van der Waals surface area contributed by atoms with E-state index in [2.05, 4.69) is 10.6 Å². The van der Waals surface area contributed by atoms with E-state index in [4.69, 9.17) is 34.8 Å². The minimum atomic E-state index is -1.24. The summed E-state index contributed by atoms with van der Waals surface area (Å²) in [5, 5.41) is 11.8. The van der Waals surface area contributed by atoms with Gasteiger partial charge in [0.2, 0.25) is 0 Å². The summed E-state index contributed by atoms with van der Waals surface area (Å²) >= 11 is 18.2. The highest BCUT2D eigenvalue weighted by Crippen LogP contribution is 2.33. The van der Waals surface area contributed by atoms with Crippen molar-refractivity contribution in [2.75, 3.05) is 38.1 Å². The molecule has 1 atom stereocenters. The number of piperidine rings is 2. The largest absolute Gasteiger partial charge is 0.378 e. The molecule has 2 saturated heterocycles. The summed E-state index contributed by atoms with van der Waals surface area (Å²) in [5.41, 5.74) is 6.52.